The van der Waals surface area contributed by atoms with Crippen molar-refractivity contribution in [3.63, 3.8) is 0 Å². The molecule has 0 atom stereocenters. The first-order chi connectivity index (χ1) is 8.69. The largest absolute Gasteiger partial charge is 0.384 e. The lowest BCUT2D eigenvalue weighted by atomic mass is 10.3. The summed E-state index contributed by atoms with van der Waals surface area (Å²) in [5.41, 5.74) is 5.97. The quantitative estimate of drug-likeness (QED) is 0.866. The molecule has 0 aliphatic heterocycles. The SMILES string of the molecule is COCc1nc(N)cc(Nc2ccccc2F)n1. The van der Waals surface area contributed by atoms with Crippen molar-refractivity contribution in [2.75, 3.05) is 18.2 Å². The van der Waals surface area contributed by atoms with Crippen LogP contribution in [0.1, 0.15) is 5.82 Å². The van der Waals surface area contributed by atoms with Gasteiger partial charge in [0.1, 0.15) is 24.1 Å². The van der Waals surface area contributed by atoms with Crippen molar-refractivity contribution in [1.82, 2.24) is 9.97 Å². The summed E-state index contributed by atoms with van der Waals surface area (Å²) in [6.45, 7) is 0.247. The van der Waals surface area contributed by atoms with Crippen LogP contribution in [0.15, 0.2) is 30.3 Å². The van der Waals surface area contributed by atoms with E-state index in [1.165, 1.54) is 19.2 Å². The lowest BCUT2D eigenvalue weighted by Gasteiger charge is -2.08. The molecule has 0 saturated heterocycles. The van der Waals surface area contributed by atoms with Gasteiger partial charge in [0.15, 0.2) is 5.82 Å². The van der Waals surface area contributed by atoms with Gasteiger partial charge in [-0.25, -0.2) is 14.4 Å². The highest BCUT2D eigenvalue weighted by molar-refractivity contribution is 5.58. The highest BCUT2D eigenvalue weighted by Gasteiger charge is 2.05. The van der Waals surface area contributed by atoms with Gasteiger partial charge in [-0.2, -0.15) is 0 Å². The number of aromatic nitrogens is 2. The fourth-order valence-corrected chi connectivity index (χ4v) is 1.48. The number of ether oxygens (including phenoxy) is 1. The van der Waals surface area contributed by atoms with Crippen molar-refractivity contribution in [1.29, 1.82) is 0 Å². The summed E-state index contributed by atoms with van der Waals surface area (Å²) in [5, 5.41) is 2.85. The third-order valence-electron chi connectivity index (χ3n) is 2.20. The molecule has 6 heteroatoms. The van der Waals surface area contributed by atoms with E-state index in [1.54, 1.807) is 18.2 Å². The Balaban J connectivity index is 2.26. The Morgan fingerprint density at radius 2 is 2.11 bits per heavy atom. The molecule has 94 valence electrons. The Morgan fingerprint density at radius 3 is 2.83 bits per heavy atom. The minimum absolute atomic E-state index is 0.247. The summed E-state index contributed by atoms with van der Waals surface area (Å²) in [5.74, 6) is 0.815. The molecule has 0 amide bonds. The number of hydrogen-bond acceptors (Lipinski definition) is 5. The first kappa shape index (κ1) is 12.3. The molecule has 0 radical (unpaired) electrons. The van der Waals surface area contributed by atoms with Crippen LogP contribution in [0.4, 0.5) is 21.7 Å². The Morgan fingerprint density at radius 1 is 1.33 bits per heavy atom. The summed E-state index contributed by atoms with van der Waals surface area (Å²) < 4.78 is 18.4. The van der Waals surface area contributed by atoms with Crippen LogP contribution in [0.25, 0.3) is 0 Å². The second kappa shape index (κ2) is 5.42. The molecule has 0 bridgehead atoms. The van der Waals surface area contributed by atoms with E-state index in [-0.39, 0.29) is 12.4 Å². The van der Waals surface area contributed by atoms with Gasteiger partial charge in [-0.3, -0.25) is 0 Å². The fraction of sp³-hybridized carbons (Fsp3) is 0.167. The number of anilines is 3. The van der Waals surface area contributed by atoms with Gasteiger partial charge in [-0.1, -0.05) is 12.1 Å². The van der Waals surface area contributed by atoms with Crippen LogP contribution >= 0.6 is 0 Å². The van der Waals surface area contributed by atoms with E-state index >= 15 is 0 Å². The maximum atomic E-state index is 13.5. The van der Waals surface area contributed by atoms with Gasteiger partial charge < -0.3 is 15.8 Å². The molecule has 2 rings (SSSR count). The molecule has 0 aliphatic rings. The number of nitrogens with two attached hydrogens (primary N) is 1. The van der Waals surface area contributed by atoms with Gasteiger partial charge >= 0.3 is 0 Å². The van der Waals surface area contributed by atoms with Crippen molar-refractivity contribution >= 4 is 17.3 Å². The van der Waals surface area contributed by atoms with Gasteiger partial charge in [0.2, 0.25) is 0 Å². The monoisotopic (exact) mass is 248 g/mol. The van der Waals surface area contributed by atoms with Crippen molar-refractivity contribution in [3.8, 4) is 0 Å². The molecular weight excluding hydrogens is 235 g/mol. The zero-order valence-electron chi connectivity index (χ0n) is 9.85. The standard InChI is InChI=1S/C12H13FN4O/c1-18-7-12-16-10(14)6-11(17-12)15-9-5-3-2-4-8(9)13/h2-6H,7H2,1H3,(H3,14,15,16,17). The van der Waals surface area contributed by atoms with Crippen LogP contribution in [0.5, 0.6) is 0 Å². The molecule has 3 N–H and O–H groups in total. The number of nitrogens with one attached hydrogen (secondary N) is 1. The van der Waals surface area contributed by atoms with Crippen molar-refractivity contribution in [2.45, 2.75) is 6.61 Å². The van der Waals surface area contributed by atoms with Crippen molar-refractivity contribution in [2.24, 2.45) is 0 Å². The number of para-hydroxylation sites is 1. The molecule has 2 aromatic rings. The van der Waals surface area contributed by atoms with Crippen LogP contribution in [-0.2, 0) is 11.3 Å². The molecular formula is C12H13FN4O. The molecule has 18 heavy (non-hydrogen) atoms. The van der Waals surface area contributed by atoms with Gasteiger partial charge in [0.05, 0.1) is 5.69 Å². The van der Waals surface area contributed by atoms with Crippen LogP contribution in [0.2, 0.25) is 0 Å². The Kier molecular flexibility index (Phi) is 3.69. The molecule has 1 aromatic carbocycles. The highest BCUT2D eigenvalue weighted by atomic mass is 19.1. The molecule has 0 fully saturated rings. The topological polar surface area (TPSA) is 73.1 Å². The Hall–Kier alpha value is -2.21. The summed E-state index contributed by atoms with van der Waals surface area (Å²) in [7, 11) is 1.54. The predicted molar refractivity (Wildman–Crippen MR) is 66.8 cm³/mol. The van der Waals surface area contributed by atoms with Crippen LogP contribution in [0.3, 0.4) is 0 Å². The van der Waals surface area contributed by atoms with Crippen LogP contribution in [-0.4, -0.2) is 17.1 Å². The zero-order chi connectivity index (χ0) is 13.0. The molecule has 1 aromatic heterocycles. The number of benzene rings is 1. The molecule has 0 spiro atoms. The molecule has 0 aliphatic carbocycles. The normalized spacial score (nSPS) is 10.3. The number of rotatable bonds is 4. The van der Waals surface area contributed by atoms with Crippen LogP contribution < -0.4 is 11.1 Å². The van der Waals surface area contributed by atoms with Gasteiger partial charge in [0, 0.05) is 13.2 Å². The molecule has 1 heterocycles. The molecule has 0 unspecified atom stereocenters. The first-order valence-electron chi connectivity index (χ1n) is 5.33. The smallest absolute Gasteiger partial charge is 0.158 e. The third kappa shape index (κ3) is 2.92. The first-order valence-corrected chi connectivity index (χ1v) is 5.33. The maximum absolute atomic E-state index is 13.5. The van der Waals surface area contributed by atoms with E-state index in [1.807, 2.05) is 0 Å². The number of nitrogens with zero attached hydrogens (tertiary/aromatic N) is 2. The lowest BCUT2D eigenvalue weighted by molar-refractivity contribution is 0.178. The van der Waals surface area contributed by atoms with Crippen molar-refractivity contribution < 1.29 is 9.13 Å². The average molecular weight is 248 g/mol. The second-order valence-electron chi connectivity index (χ2n) is 3.63. The number of methoxy groups -OCH3 is 1. The van der Waals surface area contributed by atoms with E-state index in [4.69, 9.17) is 10.5 Å². The maximum Gasteiger partial charge on any atom is 0.158 e. The summed E-state index contributed by atoms with van der Waals surface area (Å²) in [6.07, 6.45) is 0. The minimum atomic E-state index is -0.358. The van der Waals surface area contributed by atoms with E-state index < -0.39 is 0 Å². The zero-order valence-corrected chi connectivity index (χ0v) is 9.85. The lowest BCUT2D eigenvalue weighted by Crippen LogP contribution is -2.05. The van der Waals surface area contributed by atoms with E-state index in [0.717, 1.165) is 0 Å². The third-order valence-corrected chi connectivity index (χ3v) is 2.20. The van der Waals surface area contributed by atoms with Gasteiger partial charge in [-0.15, -0.1) is 0 Å². The van der Waals surface area contributed by atoms with E-state index in [0.29, 0.717) is 23.1 Å². The van der Waals surface area contributed by atoms with E-state index in [2.05, 4.69) is 15.3 Å². The van der Waals surface area contributed by atoms with Gasteiger partial charge in [0.25, 0.3) is 0 Å². The summed E-state index contributed by atoms with van der Waals surface area (Å²) >= 11 is 0. The Bertz CT molecular complexity index is 547. The number of nitrogen functional groups attached to an aromatic ring is 1. The highest BCUT2D eigenvalue weighted by Crippen LogP contribution is 2.19. The average Bonchev–Trinajstić information content (AvgIpc) is 2.32. The summed E-state index contributed by atoms with van der Waals surface area (Å²) in [4.78, 5) is 8.16. The Labute approximate surface area is 104 Å². The van der Waals surface area contributed by atoms with E-state index in [9.17, 15) is 4.39 Å². The molecule has 0 saturated carbocycles. The molecule has 5 nitrogen and oxygen atoms in total. The fourth-order valence-electron chi connectivity index (χ4n) is 1.48. The second-order valence-corrected chi connectivity index (χ2v) is 3.63. The summed E-state index contributed by atoms with van der Waals surface area (Å²) in [6, 6.07) is 7.86. The minimum Gasteiger partial charge on any atom is -0.384 e. The number of hydrogen-bond donors (Lipinski definition) is 2. The predicted octanol–water partition coefficient (Wildman–Crippen LogP) is 2.09. The van der Waals surface area contributed by atoms with Gasteiger partial charge in [-0.05, 0) is 12.1 Å². The van der Waals surface area contributed by atoms with Crippen molar-refractivity contribution in [3.05, 3.63) is 42.0 Å². The van der Waals surface area contributed by atoms with Crippen LogP contribution in [0, 0.1) is 5.82 Å². The number of halogens is 1.